The first-order chi connectivity index (χ1) is 33.3. The van der Waals surface area contributed by atoms with Crippen LogP contribution in [0.5, 0.6) is 0 Å². The molecule has 0 aliphatic rings. The van der Waals surface area contributed by atoms with Crippen LogP contribution in [0, 0.1) is 12.1 Å². The minimum absolute atomic E-state index is 0. The zero-order valence-corrected chi connectivity index (χ0v) is 45.4. The number of fused-ring (bicyclic) bond motifs is 8. The van der Waals surface area contributed by atoms with Crippen molar-refractivity contribution in [1.29, 1.82) is 0 Å². The predicted molar refractivity (Wildman–Crippen MR) is 286 cm³/mol. The van der Waals surface area contributed by atoms with Crippen LogP contribution in [-0.4, -0.2) is 24.5 Å². The molecule has 71 heavy (non-hydrogen) atoms. The number of oxazole rings is 1. The number of hydrogen-bond acceptors (Lipinski definition) is 7. The third kappa shape index (κ3) is 9.15. The average Bonchev–Trinajstić information content (AvgIpc) is 4.14. The van der Waals surface area contributed by atoms with E-state index in [9.17, 15) is 0 Å². The second-order valence-electron chi connectivity index (χ2n) is 22.2. The first-order valence-corrected chi connectivity index (χ1v) is 24.4. The zero-order chi connectivity index (χ0) is 49.4. The molecule has 0 N–H and O–H groups in total. The van der Waals surface area contributed by atoms with Gasteiger partial charge in [-0.15, -0.1) is 54.1 Å². The summed E-state index contributed by atoms with van der Waals surface area (Å²) in [7, 11) is 0. The van der Waals surface area contributed by atoms with Gasteiger partial charge in [0.2, 0.25) is 5.89 Å². The van der Waals surface area contributed by atoms with Gasteiger partial charge in [-0.3, -0.25) is 15.0 Å². The summed E-state index contributed by atoms with van der Waals surface area (Å²) in [5.41, 5.74) is 13.8. The molecule has 8 nitrogen and oxygen atoms in total. The summed E-state index contributed by atoms with van der Waals surface area (Å²) in [4.78, 5) is 19.1. The topological polar surface area (TPSA) is 95.9 Å². The van der Waals surface area contributed by atoms with Crippen molar-refractivity contribution in [2.75, 3.05) is 0 Å². The van der Waals surface area contributed by atoms with Gasteiger partial charge in [0, 0.05) is 64.7 Å². The molecule has 6 aromatic carbocycles. The summed E-state index contributed by atoms with van der Waals surface area (Å²) >= 11 is 0. The third-order valence-electron chi connectivity index (χ3n) is 13.0. The molecule has 0 unspecified atom stereocenters. The molecule has 5 heterocycles. The molecule has 0 aliphatic carbocycles. The molecule has 363 valence electrons. The second kappa shape index (κ2) is 18.5. The van der Waals surface area contributed by atoms with Gasteiger partial charge in [-0.1, -0.05) is 131 Å². The molecule has 0 saturated heterocycles. The Hall–Kier alpha value is -6.67. The summed E-state index contributed by atoms with van der Waals surface area (Å²) in [6, 6.07) is 46.4. The van der Waals surface area contributed by atoms with Crippen LogP contribution in [0.1, 0.15) is 130 Å². The van der Waals surface area contributed by atoms with E-state index in [2.05, 4.69) is 189 Å². The van der Waals surface area contributed by atoms with Crippen molar-refractivity contribution < 1.29 is 33.4 Å². The third-order valence-corrected chi connectivity index (χ3v) is 13.0. The van der Waals surface area contributed by atoms with Crippen molar-refractivity contribution in [2.24, 2.45) is 0 Å². The molecule has 0 aliphatic heterocycles. The van der Waals surface area contributed by atoms with Crippen molar-refractivity contribution in [3.63, 3.8) is 0 Å². The summed E-state index contributed by atoms with van der Waals surface area (Å²) in [5.74, 6) is 3.51. The molecule has 0 bridgehead atoms. The Morgan fingerprint density at radius 3 is 1.89 bits per heavy atom. The van der Waals surface area contributed by atoms with Crippen LogP contribution >= 0.6 is 0 Å². The van der Waals surface area contributed by atoms with Crippen molar-refractivity contribution >= 4 is 55.0 Å². The number of aromatic nitrogens is 5. The molecule has 0 atom stereocenters. The molecular weight excluding hydrogens is 1050 g/mol. The van der Waals surface area contributed by atoms with Crippen LogP contribution in [0.4, 0.5) is 0 Å². The fourth-order valence-electron chi connectivity index (χ4n) is 9.14. The van der Waals surface area contributed by atoms with Crippen LogP contribution in [0.2, 0.25) is 0 Å². The van der Waals surface area contributed by atoms with Crippen LogP contribution in [0.25, 0.3) is 94.6 Å². The molecule has 5 aromatic heterocycles. The van der Waals surface area contributed by atoms with Gasteiger partial charge in [0.25, 0.3) is 0 Å². The molecule has 1 radical (unpaired) electrons. The maximum absolute atomic E-state index is 6.89. The molecule has 0 amide bonds. The second-order valence-corrected chi connectivity index (χ2v) is 22.2. The van der Waals surface area contributed by atoms with E-state index < -0.39 is 0 Å². The quantitative estimate of drug-likeness (QED) is 0.153. The van der Waals surface area contributed by atoms with E-state index >= 15 is 0 Å². The molecule has 0 spiro atoms. The average molecular weight is 1120 g/mol. The molecular formula is C62H61IrN5O3-2. The van der Waals surface area contributed by atoms with Crippen LogP contribution in [0.15, 0.2) is 135 Å². The van der Waals surface area contributed by atoms with E-state index in [0.717, 1.165) is 78.2 Å². The molecule has 11 rings (SSSR count). The van der Waals surface area contributed by atoms with Crippen molar-refractivity contribution in [1.82, 2.24) is 24.5 Å². The van der Waals surface area contributed by atoms with E-state index in [1.165, 1.54) is 22.3 Å². The number of benzene rings is 6. The number of furan rings is 2. The van der Waals surface area contributed by atoms with E-state index in [-0.39, 0.29) is 48.2 Å². The van der Waals surface area contributed by atoms with Gasteiger partial charge in [-0.05, 0) is 82.6 Å². The van der Waals surface area contributed by atoms with Crippen molar-refractivity contribution in [2.45, 2.75) is 118 Å². The van der Waals surface area contributed by atoms with E-state index in [0.29, 0.717) is 22.6 Å². The Morgan fingerprint density at radius 2 is 1.24 bits per heavy atom. The van der Waals surface area contributed by atoms with Gasteiger partial charge < -0.3 is 17.8 Å². The van der Waals surface area contributed by atoms with Gasteiger partial charge in [-0.2, -0.15) is 0 Å². The van der Waals surface area contributed by atoms with Crippen LogP contribution in [-0.2, 0) is 36.4 Å². The Balaban J connectivity index is 0.000000313. The standard InChI is InChI=1S/C48H46N3O3.C14H15N2.Ir/c1-26(2)34-23-30(28-15-12-11-13-16-28)24-35(27(3)4)39(34)51-40-36(21-19-29-25-38(47(5,6)7)52-41(29)40)49-45(51)33-18-14-17-31-32-20-22-37-44(43(32)53-42(31)33)54-46(50-37)48(8,9)10;1-14(2,3)12-9-10-15-13(16-12)11-7-5-4-6-8-11;/h11-17,19-27H,1-10H3;4-7,9-10H,1-3H3;/q2*-1;. The van der Waals surface area contributed by atoms with E-state index in [4.69, 9.17) is 23.2 Å². The van der Waals surface area contributed by atoms with Gasteiger partial charge in [0.1, 0.15) is 16.8 Å². The van der Waals surface area contributed by atoms with Crippen LogP contribution < -0.4 is 0 Å². The monoisotopic (exact) mass is 1120 g/mol. The fourth-order valence-corrected chi connectivity index (χ4v) is 9.14. The first-order valence-electron chi connectivity index (χ1n) is 24.4. The Morgan fingerprint density at radius 1 is 0.549 bits per heavy atom. The Bertz CT molecular complexity index is 3690. The summed E-state index contributed by atoms with van der Waals surface area (Å²) < 4.78 is 22.5. The fraction of sp³-hybridized carbons (Fsp3) is 0.290. The van der Waals surface area contributed by atoms with Crippen molar-refractivity contribution in [3.05, 3.63) is 162 Å². The number of hydrogen-bond donors (Lipinski definition) is 0. The SMILES string of the molecule is CC(C)(C)c1ccnc(-c2[c-]cccc2)n1.CC(C)c1cc(-c2ccccc2)cc(C(C)C)c1-n1c(-c2[c-]ccc3c2oc2c3ccc3nc(C(C)(C)C)oc32)nc2ccc3cc(C(C)(C)C)oc3c21.[Ir]. The minimum atomic E-state index is -0.247. The first kappa shape index (κ1) is 49.3. The van der Waals surface area contributed by atoms with Gasteiger partial charge in [0.15, 0.2) is 16.7 Å². The predicted octanol–water partition coefficient (Wildman–Crippen LogP) is 17.0. The zero-order valence-electron chi connectivity index (χ0n) is 43.0. The van der Waals surface area contributed by atoms with Crippen molar-refractivity contribution in [3.8, 4) is 39.6 Å². The molecule has 11 aromatic rings. The van der Waals surface area contributed by atoms with Gasteiger partial charge in [-0.25, -0.2) is 4.98 Å². The summed E-state index contributed by atoms with van der Waals surface area (Å²) in [6.07, 6.45) is 1.81. The largest absolute Gasteiger partial charge is 0.497 e. The number of rotatable bonds is 6. The van der Waals surface area contributed by atoms with Gasteiger partial charge >= 0.3 is 0 Å². The number of imidazole rings is 1. The van der Waals surface area contributed by atoms with E-state index in [1.807, 2.05) is 48.7 Å². The summed E-state index contributed by atoms with van der Waals surface area (Å²) in [5, 5.41) is 2.98. The number of nitrogens with zero attached hydrogens (tertiary/aromatic N) is 5. The minimum Gasteiger partial charge on any atom is -0.497 e. The molecule has 9 heteroatoms. The molecule has 0 fully saturated rings. The Labute approximate surface area is 430 Å². The van der Waals surface area contributed by atoms with Crippen LogP contribution in [0.3, 0.4) is 0 Å². The van der Waals surface area contributed by atoms with E-state index in [1.54, 1.807) is 0 Å². The molecule has 0 saturated carbocycles. The maximum Gasteiger partial charge on any atom is 0.201 e. The summed E-state index contributed by atoms with van der Waals surface area (Å²) in [6.45, 7) is 28.4. The smallest absolute Gasteiger partial charge is 0.201 e. The van der Waals surface area contributed by atoms with Gasteiger partial charge in [0.05, 0.1) is 22.7 Å². The maximum atomic E-state index is 6.89. The Kier molecular flexibility index (Phi) is 12.8. The normalized spacial score (nSPS) is 12.4.